The first kappa shape index (κ1) is 54.8. The molecule has 0 aliphatic heterocycles. The van der Waals surface area contributed by atoms with Crippen LogP contribution in [0.1, 0.15) is 215 Å². The summed E-state index contributed by atoms with van der Waals surface area (Å²) < 4.78 is 25.7. The van der Waals surface area contributed by atoms with E-state index in [4.69, 9.17) is 18.9 Å². The highest BCUT2D eigenvalue weighted by molar-refractivity contribution is 5.10. The van der Waals surface area contributed by atoms with Crippen LogP contribution in [-0.2, 0) is 18.9 Å². The molecule has 0 heterocycles. The normalized spacial score (nSPS) is 29.7. The molecule has 0 bridgehead atoms. The fourth-order valence-corrected chi connectivity index (χ4v) is 13.6. The van der Waals surface area contributed by atoms with Gasteiger partial charge in [-0.25, -0.2) is 0 Å². The average molecular weight is 886 g/mol. The third-order valence-electron chi connectivity index (χ3n) is 17.3. The van der Waals surface area contributed by atoms with Crippen molar-refractivity contribution >= 4 is 0 Å². The van der Waals surface area contributed by atoms with Gasteiger partial charge in [0.25, 0.3) is 0 Å². The van der Waals surface area contributed by atoms with Gasteiger partial charge < -0.3 is 29.2 Å². The van der Waals surface area contributed by atoms with E-state index in [9.17, 15) is 10.2 Å². The lowest BCUT2D eigenvalue weighted by Crippen LogP contribution is -2.54. The van der Waals surface area contributed by atoms with Crippen LogP contribution in [0.4, 0.5) is 0 Å². The zero-order valence-corrected chi connectivity index (χ0v) is 42.4. The Bertz CT molecular complexity index is 1230. The first-order valence-electron chi connectivity index (χ1n) is 27.2. The number of rotatable bonds is 35. The summed E-state index contributed by atoms with van der Waals surface area (Å²) in [6.45, 7) is 18.3. The minimum atomic E-state index is -0.702. The van der Waals surface area contributed by atoms with Gasteiger partial charge >= 0.3 is 0 Å². The summed E-state index contributed by atoms with van der Waals surface area (Å²) in [5.74, 6) is 4.32. The molecule has 4 aliphatic rings. The van der Waals surface area contributed by atoms with Crippen molar-refractivity contribution in [3.63, 3.8) is 0 Å². The second kappa shape index (κ2) is 29.8. The molecule has 2 N–H and O–H groups in total. The average Bonchev–Trinajstić information content (AvgIpc) is 3.63. The first-order chi connectivity index (χ1) is 30.5. The fourth-order valence-electron chi connectivity index (χ4n) is 13.6. The number of methoxy groups -OCH3 is 1. The number of nitrogens with zero attached hydrogens (tertiary/aromatic N) is 1. The number of hydrogen-bond donors (Lipinski definition) is 2. The molecule has 7 heteroatoms. The minimum Gasteiger partial charge on any atom is -0.395 e. The van der Waals surface area contributed by atoms with Gasteiger partial charge in [-0.2, -0.15) is 0 Å². The van der Waals surface area contributed by atoms with Gasteiger partial charge in [0.05, 0.1) is 19.3 Å². The predicted octanol–water partition coefficient (Wildman–Crippen LogP) is 13.8. The van der Waals surface area contributed by atoms with Crippen LogP contribution in [-0.4, -0.2) is 86.5 Å². The number of ether oxygens (including phenoxy) is 4. The summed E-state index contributed by atoms with van der Waals surface area (Å²) >= 11 is 0. The lowest BCUT2D eigenvalue weighted by atomic mass is 9.44. The van der Waals surface area contributed by atoms with E-state index in [1.807, 2.05) is 7.11 Å². The van der Waals surface area contributed by atoms with Crippen LogP contribution in [0.3, 0.4) is 0 Å². The van der Waals surface area contributed by atoms with Crippen LogP contribution in [0, 0.1) is 46.3 Å². The first-order valence-corrected chi connectivity index (χ1v) is 27.2. The highest BCUT2D eigenvalue weighted by Gasteiger charge is 2.60. The molecule has 0 radical (unpaired) electrons. The van der Waals surface area contributed by atoms with E-state index in [0.29, 0.717) is 42.5 Å². The Balaban J connectivity index is 1.22. The molecule has 4 saturated carbocycles. The minimum absolute atomic E-state index is 0.139. The molecule has 4 rings (SSSR count). The number of hydrogen-bond acceptors (Lipinski definition) is 7. The van der Waals surface area contributed by atoms with Crippen molar-refractivity contribution in [1.29, 1.82) is 0 Å². The monoisotopic (exact) mass is 886 g/mol. The number of aliphatic hydroxyl groups excluding tert-OH is 2. The molecule has 10 atom stereocenters. The van der Waals surface area contributed by atoms with E-state index < -0.39 is 5.79 Å². The standard InChI is InChI=1S/C56H103NO6/c1-8-9-10-11-12-13-14-15-16-17-18-19-20-21-23-26-43-61-53(63-54(3,4)62-44-27-24-22-25-38-57(39-41-58)40-42-59)33-28-46(2)50-31-32-51-49-30-29-47-45-48(60-7)34-36-55(47,5)52(49)35-37-56(50,51)6/h12-13,15-16,46-53,58-59H,8-11,14,17-45H2,1-7H3/b13-12-,16-15-/t46-,47?,48-,49?,50?,51?,52?,53?,55+,56-/m1/s1. The maximum Gasteiger partial charge on any atom is 0.165 e. The SMILES string of the molecule is CCCCC/C=C\C/C=C\CCCCCCCCOC(CC[C@@H](C)C1CCC2C3CCC4C[C@H](OC)CC[C@]4(C)C3CC[C@@]21C)OC(C)(C)OCCCCCCN(CCO)CCO. The third-order valence-corrected chi connectivity index (χ3v) is 17.3. The molecule has 0 spiro atoms. The van der Waals surface area contributed by atoms with E-state index in [2.05, 4.69) is 70.7 Å². The van der Waals surface area contributed by atoms with Crippen LogP contribution >= 0.6 is 0 Å². The van der Waals surface area contributed by atoms with E-state index in [0.717, 1.165) is 94.1 Å². The van der Waals surface area contributed by atoms with Gasteiger partial charge in [0.2, 0.25) is 0 Å². The molecule has 7 nitrogen and oxygen atoms in total. The lowest BCUT2D eigenvalue weighted by Gasteiger charge is -2.61. The molecule has 63 heavy (non-hydrogen) atoms. The van der Waals surface area contributed by atoms with Crippen LogP contribution in [0.15, 0.2) is 24.3 Å². The van der Waals surface area contributed by atoms with Crippen LogP contribution < -0.4 is 0 Å². The Labute approximate surface area is 389 Å². The molecule has 0 aromatic carbocycles. The van der Waals surface area contributed by atoms with E-state index in [-0.39, 0.29) is 19.5 Å². The molecular formula is C56H103NO6. The molecule has 4 aliphatic carbocycles. The highest BCUT2D eigenvalue weighted by Crippen LogP contribution is 2.68. The van der Waals surface area contributed by atoms with Crippen LogP contribution in [0.2, 0.25) is 0 Å². The second-order valence-corrected chi connectivity index (χ2v) is 22.0. The third kappa shape index (κ3) is 18.0. The van der Waals surface area contributed by atoms with Gasteiger partial charge in [0.15, 0.2) is 12.1 Å². The Morgan fingerprint density at radius 1 is 0.683 bits per heavy atom. The van der Waals surface area contributed by atoms with Crippen molar-refractivity contribution in [2.24, 2.45) is 46.3 Å². The maximum atomic E-state index is 9.31. The molecule has 0 aromatic rings. The van der Waals surface area contributed by atoms with Gasteiger partial charge in [0.1, 0.15) is 0 Å². The maximum absolute atomic E-state index is 9.31. The van der Waals surface area contributed by atoms with Crippen molar-refractivity contribution in [1.82, 2.24) is 4.90 Å². The van der Waals surface area contributed by atoms with Gasteiger partial charge in [-0.1, -0.05) is 103 Å². The van der Waals surface area contributed by atoms with Gasteiger partial charge in [-0.3, -0.25) is 4.90 Å². The van der Waals surface area contributed by atoms with Gasteiger partial charge in [-0.15, -0.1) is 0 Å². The summed E-state index contributed by atoms with van der Waals surface area (Å²) in [6, 6.07) is 0. The van der Waals surface area contributed by atoms with E-state index >= 15 is 0 Å². The lowest BCUT2D eigenvalue weighted by molar-refractivity contribution is -0.296. The van der Waals surface area contributed by atoms with Gasteiger partial charge in [0, 0.05) is 33.4 Å². The molecule has 368 valence electrons. The number of aliphatic hydroxyl groups is 2. The number of fused-ring (bicyclic) bond motifs is 5. The molecule has 0 amide bonds. The second-order valence-electron chi connectivity index (χ2n) is 22.0. The molecule has 0 aromatic heterocycles. The fraction of sp³-hybridized carbons (Fsp3) is 0.929. The quantitative estimate of drug-likeness (QED) is 0.0373. The summed E-state index contributed by atoms with van der Waals surface area (Å²) in [7, 11) is 1.93. The Kier molecular flexibility index (Phi) is 26.0. The molecule has 0 saturated heterocycles. The Hall–Kier alpha value is -0.800. The highest BCUT2D eigenvalue weighted by atomic mass is 16.8. The summed E-state index contributed by atoms with van der Waals surface area (Å²) in [6.07, 6.45) is 43.5. The van der Waals surface area contributed by atoms with Crippen LogP contribution in [0.25, 0.3) is 0 Å². The van der Waals surface area contributed by atoms with Crippen molar-refractivity contribution in [3.05, 3.63) is 24.3 Å². The van der Waals surface area contributed by atoms with E-state index in [1.54, 1.807) is 0 Å². The van der Waals surface area contributed by atoms with Crippen molar-refractivity contribution in [2.75, 3.05) is 53.2 Å². The number of allylic oxidation sites excluding steroid dienone is 4. The topological polar surface area (TPSA) is 80.6 Å². The smallest absolute Gasteiger partial charge is 0.165 e. The summed E-state index contributed by atoms with van der Waals surface area (Å²) in [4.78, 5) is 2.14. The number of unbranched alkanes of at least 4 members (excludes halogenated alkanes) is 12. The van der Waals surface area contributed by atoms with E-state index in [1.165, 1.54) is 122 Å². The van der Waals surface area contributed by atoms with Crippen molar-refractivity contribution in [2.45, 2.75) is 233 Å². The zero-order chi connectivity index (χ0) is 45.4. The molecule has 6 unspecified atom stereocenters. The van der Waals surface area contributed by atoms with Crippen molar-refractivity contribution < 1.29 is 29.2 Å². The van der Waals surface area contributed by atoms with Crippen LogP contribution in [0.5, 0.6) is 0 Å². The molecule has 4 fully saturated rings. The Morgan fingerprint density at radius 3 is 2.02 bits per heavy atom. The summed E-state index contributed by atoms with van der Waals surface area (Å²) in [5.41, 5.74) is 0.982. The summed E-state index contributed by atoms with van der Waals surface area (Å²) in [5, 5.41) is 18.6. The Morgan fingerprint density at radius 2 is 1.32 bits per heavy atom. The largest absolute Gasteiger partial charge is 0.395 e. The van der Waals surface area contributed by atoms with Crippen molar-refractivity contribution in [3.8, 4) is 0 Å². The zero-order valence-electron chi connectivity index (χ0n) is 42.4. The molecular weight excluding hydrogens is 783 g/mol. The van der Waals surface area contributed by atoms with Gasteiger partial charge in [-0.05, 0) is 189 Å². The predicted molar refractivity (Wildman–Crippen MR) is 264 cm³/mol.